The summed E-state index contributed by atoms with van der Waals surface area (Å²) < 4.78 is 5.29. The van der Waals surface area contributed by atoms with E-state index in [9.17, 15) is 9.59 Å². The summed E-state index contributed by atoms with van der Waals surface area (Å²) in [6.45, 7) is 7.47. The topological polar surface area (TPSA) is 116 Å². The van der Waals surface area contributed by atoms with E-state index in [4.69, 9.17) is 4.52 Å². The molecule has 2 N–H and O–H groups in total. The van der Waals surface area contributed by atoms with Gasteiger partial charge in [0.1, 0.15) is 0 Å². The van der Waals surface area contributed by atoms with Crippen LogP contribution in [-0.4, -0.2) is 61.9 Å². The number of likely N-dealkylation sites (tertiary alicyclic amines) is 2. The number of carbonyl (C=O) groups is 2. The summed E-state index contributed by atoms with van der Waals surface area (Å²) in [4.78, 5) is 39.1. The normalized spacial score (nSPS) is 21.0. The van der Waals surface area contributed by atoms with Gasteiger partial charge in [0.25, 0.3) is 0 Å². The van der Waals surface area contributed by atoms with E-state index in [-0.39, 0.29) is 26.8 Å². The van der Waals surface area contributed by atoms with Gasteiger partial charge in [-0.3, -0.25) is 34.7 Å². The molecule has 3 aromatic heterocycles. The highest BCUT2D eigenvalue weighted by Crippen LogP contribution is 2.41. The van der Waals surface area contributed by atoms with E-state index < -0.39 is 0 Å². The van der Waals surface area contributed by atoms with Crippen LogP contribution in [0.5, 0.6) is 0 Å². The molecule has 2 aliphatic carbocycles. The number of aromatic nitrogens is 3. The third-order valence-electron chi connectivity index (χ3n) is 10.8. The molecule has 0 radical (unpaired) electrons. The molecule has 2 atom stereocenters. The number of amides is 2. The average molecular weight is 694 g/mol. The van der Waals surface area contributed by atoms with Gasteiger partial charge in [0.2, 0.25) is 17.7 Å². The lowest BCUT2D eigenvalue weighted by atomic mass is 10.00. The second-order valence-corrected chi connectivity index (χ2v) is 14.7. The maximum Gasteiger partial charge on any atom is 0.244 e. The van der Waals surface area contributed by atoms with Crippen LogP contribution in [0.1, 0.15) is 113 Å². The SMILES string of the molecule is Cc1cccnc1CN1CCCC[C@@H]1C(=O)Nc1cc(C2CC2)no1.Cc1ncccc1CN1CCCC[C@@H]1C(=O)Nc1ccc(C2CC2)cc1.[HH].[HH]. The summed E-state index contributed by atoms with van der Waals surface area (Å²) in [5, 5.41) is 10.1. The second-order valence-electron chi connectivity index (χ2n) is 14.7. The van der Waals surface area contributed by atoms with E-state index in [1.165, 1.54) is 36.8 Å². The molecule has 2 saturated heterocycles. The van der Waals surface area contributed by atoms with Gasteiger partial charge in [-0.25, -0.2) is 0 Å². The highest BCUT2D eigenvalue weighted by Gasteiger charge is 2.32. The fourth-order valence-electron chi connectivity index (χ4n) is 7.34. The summed E-state index contributed by atoms with van der Waals surface area (Å²) in [7, 11) is 0. The number of rotatable bonds is 10. The number of nitrogens with one attached hydrogen (secondary N) is 2. The van der Waals surface area contributed by atoms with E-state index >= 15 is 0 Å². The van der Waals surface area contributed by atoms with Crippen molar-refractivity contribution in [2.45, 2.75) is 115 Å². The number of benzene rings is 1. The zero-order chi connectivity index (χ0) is 35.2. The molecule has 2 amide bonds. The maximum absolute atomic E-state index is 12.9. The Morgan fingerprint density at radius 2 is 1.41 bits per heavy atom. The van der Waals surface area contributed by atoms with E-state index in [0.717, 1.165) is 92.4 Å². The molecule has 5 heterocycles. The summed E-state index contributed by atoms with van der Waals surface area (Å²) in [5.41, 5.74) is 7.72. The molecule has 2 aliphatic heterocycles. The number of carbonyl (C=O) groups excluding carboxylic acids is 2. The van der Waals surface area contributed by atoms with Crippen molar-refractivity contribution in [3.63, 3.8) is 0 Å². The Bertz CT molecular complexity index is 1790. The largest absolute Gasteiger partial charge is 0.338 e. The lowest BCUT2D eigenvalue weighted by Crippen LogP contribution is -2.46. The van der Waals surface area contributed by atoms with Crippen LogP contribution >= 0.6 is 0 Å². The van der Waals surface area contributed by atoms with Crippen LogP contribution in [0.3, 0.4) is 0 Å². The molecule has 1 aromatic carbocycles. The number of hydrogen-bond donors (Lipinski definition) is 2. The van der Waals surface area contributed by atoms with Crippen molar-refractivity contribution in [2.24, 2.45) is 0 Å². The molecule has 0 spiro atoms. The summed E-state index contributed by atoms with van der Waals surface area (Å²) in [6.07, 6.45) is 14.8. The van der Waals surface area contributed by atoms with Crippen LogP contribution in [0.2, 0.25) is 0 Å². The molecule has 4 aromatic rings. The number of nitrogens with zero attached hydrogens (tertiary/aromatic N) is 5. The Morgan fingerprint density at radius 1 is 0.765 bits per heavy atom. The first-order chi connectivity index (χ1) is 24.9. The van der Waals surface area contributed by atoms with Gasteiger partial charge in [-0.1, -0.05) is 42.3 Å². The average Bonchev–Trinajstić information content (AvgIpc) is 4.10. The first-order valence-electron chi connectivity index (χ1n) is 18.9. The van der Waals surface area contributed by atoms with Gasteiger partial charge in [-0.15, -0.1) is 0 Å². The molecule has 4 fully saturated rings. The number of anilines is 2. The van der Waals surface area contributed by atoms with Crippen molar-refractivity contribution < 1.29 is 17.0 Å². The molecule has 51 heavy (non-hydrogen) atoms. The Labute approximate surface area is 304 Å². The number of piperidine rings is 2. The van der Waals surface area contributed by atoms with Crippen molar-refractivity contribution in [1.82, 2.24) is 24.9 Å². The van der Waals surface area contributed by atoms with Gasteiger partial charge >= 0.3 is 0 Å². The van der Waals surface area contributed by atoms with Gasteiger partial charge in [-0.05, 0) is 125 Å². The Hall–Kier alpha value is -4.41. The van der Waals surface area contributed by atoms with E-state index in [1.807, 2.05) is 49.6 Å². The third kappa shape index (κ3) is 9.28. The van der Waals surface area contributed by atoms with Gasteiger partial charge in [0.15, 0.2) is 0 Å². The standard InChI is InChI=1S/C22H27N3O.C19H24N4O2.2H2/c1-16-19(5-4-13-23-16)15-25-14-3-2-6-21(25)22(26)24-20-11-9-18(10-12-20)17-7-8-17;1-13-5-4-9-20-16(13)12-23-10-3-2-6-17(23)19(24)21-18-11-15(22-25-18)14-7-8-14;;/h4-5,9-13,17,21H,2-3,6-8,14-15H2,1H3,(H,24,26);4-5,9,11,14,17H,2-3,6-8,10,12H2,1H3,(H,21,24);2*1H/t21-;17-;;/m11../s1. The summed E-state index contributed by atoms with van der Waals surface area (Å²) >= 11 is 0. The summed E-state index contributed by atoms with van der Waals surface area (Å²) in [5.74, 6) is 1.84. The van der Waals surface area contributed by atoms with Crippen LogP contribution in [0.25, 0.3) is 0 Å². The predicted molar refractivity (Wildman–Crippen MR) is 202 cm³/mol. The zero-order valence-corrected chi connectivity index (χ0v) is 30.0. The highest BCUT2D eigenvalue weighted by molar-refractivity contribution is 5.95. The molecule has 4 aliphatic rings. The minimum atomic E-state index is -0.148. The molecule has 0 unspecified atom stereocenters. The zero-order valence-electron chi connectivity index (χ0n) is 30.0. The van der Waals surface area contributed by atoms with Crippen molar-refractivity contribution in [1.29, 1.82) is 0 Å². The lowest BCUT2D eigenvalue weighted by Gasteiger charge is -2.34. The van der Waals surface area contributed by atoms with Gasteiger partial charge in [0.05, 0.1) is 23.5 Å². The van der Waals surface area contributed by atoms with Crippen LogP contribution in [0.4, 0.5) is 11.6 Å². The van der Waals surface area contributed by atoms with Crippen LogP contribution in [0.15, 0.2) is 71.5 Å². The van der Waals surface area contributed by atoms with E-state index in [0.29, 0.717) is 18.3 Å². The fraction of sp³-hybridized carbons (Fsp3) is 0.488. The molecular weight excluding hydrogens is 638 g/mol. The minimum Gasteiger partial charge on any atom is -0.338 e. The first-order valence-corrected chi connectivity index (χ1v) is 18.9. The van der Waals surface area contributed by atoms with Crippen LogP contribution in [0, 0.1) is 13.8 Å². The van der Waals surface area contributed by atoms with Crippen molar-refractivity contribution >= 4 is 23.4 Å². The minimum absolute atomic E-state index is 0. The van der Waals surface area contributed by atoms with Crippen LogP contribution in [-0.2, 0) is 22.7 Å². The fourth-order valence-corrected chi connectivity index (χ4v) is 7.34. The maximum atomic E-state index is 12.9. The van der Waals surface area contributed by atoms with Crippen LogP contribution < -0.4 is 10.6 Å². The number of pyridine rings is 2. The van der Waals surface area contributed by atoms with Crippen molar-refractivity contribution in [3.8, 4) is 0 Å². The van der Waals surface area contributed by atoms with Crippen molar-refractivity contribution in [3.05, 3.63) is 101 Å². The Morgan fingerprint density at radius 3 is 2.08 bits per heavy atom. The number of aryl methyl sites for hydroxylation is 2. The van der Waals surface area contributed by atoms with Gasteiger partial charge in [0, 0.05) is 51.7 Å². The Balaban J connectivity index is 0.000000197. The highest BCUT2D eigenvalue weighted by atomic mass is 16.5. The van der Waals surface area contributed by atoms with Gasteiger partial charge < -0.3 is 9.84 Å². The molecule has 2 saturated carbocycles. The quantitative estimate of drug-likeness (QED) is 0.172. The molecular formula is C41H55N7O3. The third-order valence-corrected chi connectivity index (χ3v) is 10.8. The molecule has 8 rings (SSSR count). The molecule has 10 nitrogen and oxygen atoms in total. The summed E-state index contributed by atoms with van der Waals surface area (Å²) in [6, 6.07) is 18.2. The lowest BCUT2D eigenvalue weighted by molar-refractivity contribution is -0.123. The van der Waals surface area contributed by atoms with Gasteiger partial charge in [-0.2, -0.15) is 0 Å². The Kier molecular flexibility index (Phi) is 11.2. The molecule has 10 heteroatoms. The molecule has 272 valence electrons. The monoisotopic (exact) mass is 693 g/mol. The first kappa shape index (κ1) is 35.0. The van der Waals surface area contributed by atoms with E-state index in [2.05, 4.69) is 66.7 Å². The number of hydrogen-bond acceptors (Lipinski definition) is 8. The van der Waals surface area contributed by atoms with Crippen molar-refractivity contribution in [2.75, 3.05) is 23.7 Å². The second kappa shape index (κ2) is 16.3. The molecule has 0 bridgehead atoms. The predicted octanol–water partition coefficient (Wildman–Crippen LogP) is 8.00. The van der Waals surface area contributed by atoms with E-state index in [1.54, 1.807) is 0 Å². The smallest absolute Gasteiger partial charge is 0.244 e.